The molecular formula is C13H15NS. The Bertz CT molecular complexity index is 486. The minimum atomic E-state index is 0.597. The lowest BCUT2D eigenvalue weighted by molar-refractivity contribution is 0.563. The summed E-state index contributed by atoms with van der Waals surface area (Å²) in [4.78, 5) is 0. The maximum Gasteiger partial charge on any atom is 0.0377 e. The van der Waals surface area contributed by atoms with Gasteiger partial charge in [-0.25, -0.2) is 0 Å². The van der Waals surface area contributed by atoms with Gasteiger partial charge in [-0.05, 0) is 59.7 Å². The van der Waals surface area contributed by atoms with Crippen LogP contribution in [0.3, 0.4) is 0 Å². The quantitative estimate of drug-likeness (QED) is 0.779. The molecule has 2 N–H and O–H groups in total. The molecule has 78 valence electrons. The van der Waals surface area contributed by atoms with Gasteiger partial charge < -0.3 is 5.73 Å². The monoisotopic (exact) mass is 217 g/mol. The first-order valence-corrected chi connectivity index (χ1v) is 6.47. The van der Waals surface area contributed by atoms with Gasteiger partial charge in [0, 0.05) is 4.70 Å². The van der Waals surface area contributed by atoms with Crippen LogP contribution in [0.25, 0.3) is 10.1 Å². The molecular weight excluding hydrogens is 202 g/mol. The number of rotatable bonds is 1. The van der Waals surface area contributed by atoms with Gasteiger partial charge in [0.15, 0.2) is 0 Å². The molecule has 1 aliphatic carbocycles. The first kappa shape index (κ1) is 9.37. The summed E-state index contributed by atoms with van der Waals surface area (Å²) >= 11 is 1.87. The third-order valence-corrected chi connectivity index (χ3v) is 4.45. The number of thiophene rings is 1. The molecule has 0 fully saturated rings. The molecule has 1 nitrogen and oxygen atoms in total. The Morgan fingerprint density at radius 1 is 1.33 bits per heavy atom. The summed E-state index contributed by atoms with van der Waals surface area (Å²) in [5.74, 6) is 0.597. The van der Waals surface area contributed by atoms with Gasteiger partial charge in [-0.2, -0.15) is 0 Å². The summed E-state index contributed by atoms with van der Waals surface area (Å²) in [5, 5.41) is 3.59. The molecule has 0 saturated heterocycles. The first-order valence-electron chi connectivity index (χ1n) is 5.59. The van der Waals surface area contributed by atoms with E-state index in [-0.39, 0.29) is 0 Å². The number of aryl methyl sites for hydroxylation is 1. The molecule has 0 bridgehead atoms. The lowest BCUT2D eigenvalue weighted by Gasteiger charge is -2.24. The molecule has 1 aromatic carbocycles. The van der Waals surface area contributed by atoms with E-state index in [1.807, 2.05) is 11.3 Å². The number of fused-ring (bicyclic) bond motifs is 3. The Morgan fingerprint density at radius 2 is 2.27 bits per heavy atom. The van der Waals surface area contributed by atoms with Crippen molar-refractivity contribution in [3.63, 3.8) is 0 Å². The fraction of sp³-hybridized carbons (Fsp3) is 0.385. The van der Waals surface area contributed by atoms with Gasteiger partial charge in [0.2, 0.25) is 0 Å². The minimum Gasteiger partial charge on any atom is -0.330 e. The molecule has 1 aromatic heterocycles. The normalized spacial score (nSPS) is 20.5. The number of benzene rings is 1. The van der Waals surface area contributed by atoms with Gasteiger partial charge in [0.25, 0.3) is 0 Å². The molecule has 0 saturated carbocycles. The topological polar surface area (TPSA) is 26.0 Å². The van der Waals surface area contributed by atoms with Crippen molar-refractivity contribution in [2.75, 3.05) is 6.54 Å². The third kappa shape index (κ3) is 1.40. The highest BCUT2D eigenvalue weighted by Gasteiger charge is 2.20. The second kappa shape index (κ2) is 3.62. The van der Waals surface area contributed by atoms with E-state index in [4.69, 9.17) is 5.73 Å². The summed E-state index contributed by atoms with van der Waals surface area (Å²) in [6.07, 6.45) is 3.80. The largest absolute Gasteiger partial charge is 0.330 e. The minimum absolute atomic E-state index is 0.597. The van der Waals surface area contributed by atoms with Crippen LogP contribution >= 0.6 is 11.3 Å². The zero-order valence-corrected chi connectivity index (χ0v) is 9.52. The summed E-state index contributed by atoms with van der Waals surface area (Å²) in [6.45, 7) is 0.796. The Morgan fingerprint density at radius 3 is 3.13 bits per heavy atom. The molecule has 0 spiro atoms. The molecule has 2 heteroatoms. The van der Waals surface area contributed by atoms with Crippen molar-refractivity contribution in [3.8, 4) is 0 Å². The Labute approximate surface area is 93.9 Å². The van der Waals surface area contributed by atoms with E-state index in [0.29, 0.717) is 5.92 Å². The van der Waals surface area contributed by atoms with Crippen LogP contribution in [0.5, 0.6) is 0 Å². The third-order valence-electron chi connectivity index (χ3n) is 3.46. The smallest absolute Gasteiger partial charge is 0.0377 e. The van der Waals surface area contributed by atoms with Crippen LogP contribution in [0.2, 0.25) is 0 Å². The molecule has 0 aliphatic heterocycles. The highest BCUT2D eigenvalue weighted by molar-refractivity contribution is 7.17. The maximum absolute atomic E-state index is 5.84. The highest BCUT2D eigenvalue weighted by atomic mass is 32.1. The fourth-order valence-corrected chi connectivity index (χ4v) is 3.66. The van der Waals surface area contributed by atoms with Crippen LogP contribution in [-0.4, -0.2) is 6.54 Å². The average Bonchev–Trinajstić information content (AvgIpc) is 2.76. The van der Waals surface area contributed by atoms with E-state index < -0.39 is 0 Å². The van der Waals surface area contributed by atoms with Gasteiger partial charge in [0.05, 0.1) is 0 Å². The Kier molecular flexibility index (Phi) is 2.26. The van der Waals surface area contributed by atoms with Crippen LogP contribution < -0.4 is 5.73 Å². The van der Waals surface area contributed by atoms with Crippen molar-refractivity contribution in [1.82, 2.24) is 0 Å². The van der Waals surface area contributed by atoms with E-state index in [1.54, 1.807) is 5.56 Å². The zero-order chi connectivity index (χ0) is 10.3. The van der Waals surface area contributed by atoms with Gasteiger partial charge >= 0.3 is 0 Å². The second-order valence-electron chi connectivity index (χ2n) is 4.30. The van der Waals surface area contributed by atoms with Crippen LogP contribution in [0.4, 0.5) is 0 Å². The molecule has 2 aromatic rings. The van der Waals surface area contributed by atoms with Crippen LogP contribution in [-0.2, 0) is 6.42 Å². The van der Waals surface area contributed by atoms with Crippen molar-refractivity contribution < 1.29 is 0 Å². The van der Waals surface area contributed by atoms with Gasteiger partial charge in [0.1, 0.15) is 0 Å². The fourth-order valence-electron chi connectivity index (χ4n) is 2.67. The molecule has 1 heterocycles. The van der Waals surface area contributed by atoms with Crippen molar-refractivity contribution in [2.45, 2.75) is 25.2 Å². The van der Waals surface area contributed by atoms with Crippen molar-refractivity contribution in [2.24, 2.45) is 5.73 Å². The van der Waals surface area contributed by atoms with Crippen LogP contribution in [0.15, 0.2) is 23.6 Å². The predicted octanol–water partition coefficient (Wildman–Crippen LogP) is 3.28. The van der Waals surface area contributed by atoms with Crippen LogP contribution in [0.1, 0.15) is 29.9 Å². The zero-order valence-electron chi connectivity index (χ0n) is 8.70. The van der Waals surface area contributed by atoms with Crippen LogP contribution in [0, 0.1) is 0 Å². The Balaban J connectivity index is 2.24. The van der Waals surface area contributed by atoms with E-state index in [2.05, 4.69) is 23.6 Å². The average molecular weight is 217 g/mol. The molecule has 15 heavy (non-hydrogen) atoms. The molecule has 3 rings (SSSR count). The van der Waals surface area contributed by atoms with E-state index >= 15 is 0 Å². The molecule has 1 unspecified atom stereocenters. The van der Waals surface area contributed by atoms with E-state index in [9.17, 15) is 0 Å². The lowest BCUT2D eigenvalue weighted by Crippen LogP contribution is -2.18. The second-order valence-corrected chi connectivity index (χ2v) is 5.21. The predicted molar refractivity (Wildman–Crippen MR) is 66.6 cm³/mol. The number of nitrogens with two attached hydrogens (primary N) is 1. The van der Waals surface area contributed by atoms with Crippen molar-refractivity contribution in [3.05, 3.63) is 34.7 Å². The summed E-state index contributed by atoms with van der Waals surface area (Å²) in [5.41, 5.74) is 8.93. The molecule has 0 amide bonds. The summed E-state index contributed by atoms with van der Waals surface area (Å²) in [6, 6.07) is 6.76. The standard InChI is InChI=1S/C13H15NS/c14-8-10-2-1-3-12-11(10)5-4-9-6-7-15-13(9)12/h4-7,10H,1-3,8,14H2. The summed E-state index contributed by atoms with van der Waals surface area (Å²) in [7, 11) is 0. The molecule has 0 radical (unpaired) electrons. The Hall–Kier alpha value is -0.860. The van der Waals surface area contributed by atoms with Gasteiger partial charge in [-0.15, -0.1) is 11.3 Å². The van der Waals surface area contributed by atoms with E-state index in [0.717, 1.165) is 6.54 Å². The molecule has 1 atom stereocenters. The SMILES string of the molecule is NCC1CCCc2c1ccc1ccsc21. The summed E-state index contributed by atoms with van der Waals surface area (Å²) < 4.78 is 1.49. The van der Waals surface area contributed by atoms with E-state index in [1.165, 1.54) is 34.9 Å². The first-order chi connectivity index (χ1) is 7.40. The van der Waals surface area contributed by atoms with Gasteiger partial charge in [-0.3, -0.25) is 0 Å². The number of hydrogen-bond acceptors (Lipinski definition) is 2. The highest BCUT2D eigenvalue weighted by Crippen LogP contribution is 2.37. The van der Waals surface area contributed by atoms with Crippen molar-refractivity contribution >= 4 is 21.4 Å². The van der Waals surface area contributed by atoms with Crippen molar-refractivity contribution in [1.29, 1.82) is 0 Å². The van der Waals surface area contributed by atoms with Gasteiger partial charge in [-0.1, -0.05) is 12.1 Å². The molecule has 1 aliphatic rings. The lowest BCUT2D eigenvalue weighted by atomic mass is 9.82. The maximum atomic E-state index is 5.84. The number of hydrogen-bond donors (Lipinski definition) is 1.